The number of nitrogen functional groups attached to an aromatic ring is 1. The molecule has 0 spiro atoms. The van der Waals surface area contributed by atoms with Crippen LogP contribution >= 0.6 is 0 Å². The zero-order valence-corrected chi connectivity index (χ0v) is 16.1. The SMILES string of the molecule is CN=Cc1cc(-c2ccc3cc(N4CCCC4)cnc3n2)c(C=O)c(C)c1N. The summed E-state index contributed by atoms with van der Waals surface area (Å²) in [7, 11) is 1.69. The number of carbonyl (C=O) groups is 1. The Labute approximate surface area is 164 Å². The van der Waals surface area contributed by atoms with Gasteiger partial charge in [0, 0.05) is 54.1 Å². The van der Waals surface area contributed by atoms with Crippen molar-refractivity contribution in [2.75, 3.05) is 30.8 Å². The van der Waals surface area contributed by atoms with Crippen molar-refractivity contribution >= 4 is 34.9 Å². The Balaban J connectivity index is 1.82. The van der Waals surface area contributed by atoms with E-state index in [0.29, 0.717) is 22.6 Å². The highest BCUT2D eigenvalue weighted by molar-refractivity contribution is 5.98. The van der Waals surface area contributed by atoms with Gasteiger partial charge in [-0.3, -0.25) is 9.79 Å². The Kier molecular flexibility index (Phi) is 4.77. The highest BCUT2D eigenvalue weighted by atomic mass is 16.1. The smallest absolute Gasteiger partial charge is 0.159 e. The largest absolute Gasteiger partial charge is 0.398 e. The summed E-state index contributed by atoms with van der Waals surface area (Å²) in [4.78, 5) is 27.5. The minimum absolute atomic E-state index is 0.547. The maximum atomic E-state index is 11.8. The molecule has 0 radical (unpaired) electrons. The molecule has 0 atom stereocenters. The van der Waals surface area contributed by atoms with E-state index in [2.05, 4.69) is 20.9 Å². The number of rotatable bonds is 4. The lowest BCUT2D eigenvalue weighted by Crippen LogP contribution is -2.17. The van der Waals surface area contributed by atoms with Crippen molar-refractivity contribution in [2.24, 2.45) is 4.99 Å². The molecule has 4 rings (SSSR count). The highest BCUT2D eigenvalue weighted by Gasteiger charge is 2.16. The Morgan fingerprint density at radius 3 is 2.71 bits per heavy atom. The van der Waals surface area contributed by atoms with Crippen LogP contribution in [0.3, 0.4) is 0 Å². The average Bonchev–Trinajstić information content (AvgIpc) is 3.25. The fourth-order valence-corrected chi connectivity index (χ4v) is 3.78. The number of nitrogens with zero attached hydrogens (tertiary/aromatic N) is 4. The van der Waals surface area contributed by atoms with Crippen LogP contribution in [0.4, 0.5) is 11.4 Å². The normalized spacial score (nSPS) is 14.3. The summed E-state index contributed by atoms with van der Waals surface area (Å²) in [5.74, 6) is 0. The summed E-state index contributed by atoms with van der Waals surface area (Å²) in [5.41, 5.74) is 12.0. The van der Waals surface area contributed by atoms with Crippen LogP contribution in [0.5, 0.6) is 0 Å². The van der Waals surface area contributed by atoms with E-state index in [9.17, 15) is 4.79 Å². The lowest BCUT2D eigenvalue weighted by molar-refractivity contribution is 0.112. The summed E-state index contributed by atoms with van der Waals surface area (Å²) < 4.78 is 0. The van der Waals surface area contributed by atoms with Crippen LogP contribution in [-0.4, -0.2) is 42.6 Å². The van der Waals surface area contributed by atoms with Crippen LogP contribution in [0.15, 0.2) is 35.5 Å². The molecule has 6 nitrogen and oxygen atoms in total. The summed E-state index contributed by atoms with van der Waals surface area (Å²) in [6, 6.07) is 7.95. The van der Waals surface area contributed by atoms with Crippen molar-refractivity contribution in [2.45, 2.75) is 19.8 Å². The molecule has 3 aromatic rings. The molecule has 1 aliphatic rings. The number of hydrogen-bond donors (Lipinski definition) is 1. The molecule has 2 N–H and O–H groups in total. The van der Waals surface area contributed by atoms with Crippen LogP contribution in [0.25, 0.3) is 22.3 Å². The van der Waals surface area contributed by atoms with E-state index in [1.54, 1.807) is 13.3 Å². The topological polar surface area (TPSA) is 84.5 Å². The Morgan fingerprint density at radius 1 is 1.21 bits per heavy atom. The molecule has 1 fully saturated rings. The number of anilines is 2. The van der Waals surface area contributed by atoms with E-state index in [1.165, 1.54) is 12.8 Å². The summed E-state index contributed by atoms with van der Waals surface area (Å²) in [6.07, 6.45) is 6.87. The van der Waals surface area contributed by atoms with Gasteiger partial charge < -0.3 is 10.6 Å². The second-order valence-corrected chi connectivity index (χ2v) is 7.10. The van der Waals surface area contributed by atoms with Crippen LogP contribution in [0, 0.1) is 6.92 Å². The zero-order chi connectivity index (χ0) is 19.7. The fraction of sp³-hybridized carbons (Fsp3) is 0.273. The number of hydrogen-bond acceptors (Lipinski definition) is 6. The molecule has 142 valence electrons. The Hall–Kier alpha value is -3.28. The van der Waals surface area contributed by atoms with E-state index in [1.807, 2.05) is 31.3 Å². The zero-order valence-electron chi connectivity index (χ0n) is 16.1. The van der Waals surface area contributed by atoms with Gasteiger partial charge >= 0.3 is 0 Å². The molecule has 6 heteroatoms. The summed E-state index contributed by atoms with van der Waals surface area (Å²) >= 11 is 0. The number of fused-ring (bicyclic) bond motifs is 1. The first-order valence-corrected chi connectivity index (χ1v) is 9.45. The van der Waals surface area contributed by atoms with Gasteiger partial charge in [-0.1, -0.05) is 0 Å². The standard InChI is InChI=1S/C22H23N5O/c1-14-19(13-28)18(10-16(11-24-2)21(14)23)20-6-5-15-9-17(12-25-22(15)26-20)27-7-3-4-8-27/h5-6,9-13H,3-4,7-8,23H2,1-2H3. The van der Waals surface area contributed by atoms with Gasteiger partial charge in [-0.15, -0.1) is 0 Å². The van der Waals surface area contributed by atoms with Crippen LogP contribution < -0.4 is 10.6 Å². The van der Waals surface area contributed by atoms with Crippen molar-refractivity contribution in [3.05, 3.63) is 47.2 Å². The van der Waals surface area contributed by atoms with E-state index in [0.717, 1.165) is 47.1 Å². The lowest BCUT2D eigenvalue weighted by atomic mass is 9.95. The first-order valence-electron chi connectivity index (χ1n) is 9.45. The van der Waals surface area contributed by atoms with Gasteiger partial charge in [-0.05, 0) is 49.6 Å². The molecule has 28 heavy (non-hydrogen) atoms. The molecule has 0 unspecified atom stereocenters. The monoisotopic (exact) mass is 373 g/mol. The van der Waals surface area contributed by atoms with Crippen LogP contribution in [-0.2, 0) is 0 Å². The van der Waals surface area contributed by atoms with Crippen molar-refractivity contribution in [1.29, 1.82) is 0 Å². The molecular weight excluding hydrogens is 350 g/mol. The van der Waals surface area contributed by atoms with E-state index in [4.69, 9.17) is 10.7 Å². The van der Waals surface area contributed by atoms with Gasteiger partial charge in [-0.25, -0.2) is 9.97 Å². The van der Waals surface area contributed by atoms with Gasteiger partial charge in [0.25, 0.3) is 0 Å². The first-order chi connectivity index (χ1) is 13.6. The first kappa shape index (κ1) is 18.1. The summed E-state index contributed by atoms with van der Waals surface area (Å²) in [5, 5.41) is 0.989. The second kappa shape index (κ2) is 7.38. The summed E-state index contributed by atoms with van der Waals surface area (Å²) in [6.45, 7) is 4.00. The number of benzene rings is 1. The van der Waals surface area contributed by atoms with Crippen LogP contribution in [0.2, 0.25) is 0 Å². The second-order valence-electron chi connectivity index (χ2n) is 7.10. The van der Waals surface area contributed by atoms with E-state index >= 15 is 0 Å². The molecule has 0 bridgehead atoms. The molecule has 0 saturated carbocycles. The third-order valence-electron chi connectivity index (χ3n) is 5.37. The molecule has 1 saturated heterocycles. The van der Waals surface area contributed by atoms with E-state index < -0.39 is 0 Å². The maximum absolute atomic E-state index is 11.8. The molecular formula is C22H23N5O. The average molecular weight is 373 g/mol. The minimum Gasteiger partial charge on any atom is -0.398 e. The van der Waals surface area contributed by atoms with Crippen LogP contribution in [0.1, 0.15) is 34.3 Å². The van der Waals surface area contributed by atoms with Gasteiger partial charge in [-0.2, -0.15) is 0 Å². The molecule has 3 heterocycles. The maximum Gasteiger partial charge on any atom is 0.159 e. The number of aromatic nitrogens is 2. The number of nitrogens with two attached hydrogens (primary N) is 1. The number of aldehydes is 1. The van der Waals surface area contributed by atoms with Gasteiger partial charge in [0.1, 0.15) is 0 Å². The lowest BCUT2D eigenvalue weighted by Gasteiger charge is -2.17. The van der Waals surface area contributed by atoms with Crippen molar-refractivity contribution in [3.63, 3.8) is 0 Å². The van der Waals surface area contributed by atoms with Crippen molar-refractivity contribution < 1.29 is 4.79 Å². The predicted molar refractivity (Wildman–Crippen MR) is 114 cm³/mol. The number of pyridine rings is 2. The quantitative estimate of drug-likeness (QED) is 0.429. The molecule has 1 aliphatic heterocycles. The Bertz CT molecular complexity index is 1080. The highest BCUT2D eigenvalue weighted by Crippen LogP contribution is 2.31. The third kappa shape index (κ3) is 3.11. The van der Waals surface area contributed by atoms with E-state index in [-0.39, 0.29) is 0 Å². The van der Waals surface area contributed by atoms with Crippen molar-refractivity contribution in [3.8, 4) is 11.3 Å². The number of aliphatic imine (C=N–C) groups is 1. The van der Waals surface area contributed by atoms with Crippen molar-refractivity contribution in [1.82, 2.24) is 9.97 Å². The van der Waals surface area contributed by atoms with Gasteiger partial charge in [0.2, 0.25) is 0 Å². The third-order valence-corrected chi connectivity index (χ3v) is 5.37. The fourth-order valence-electron chi connectivity index (χ4n) is 3.78. The van der Waals surface area contributed by atoms with Gasteiger partial charge in [0.05, 0.1) is 17.6 Å². The molecule has 1 aromatic carbocycles. The molecule has 0 amide bonds. The number of carbonyl (C=O) groups excluding carboxylic acids is 1. The molecule has 2 aromatic heterocycles. The minimum atomic E-state index is 0.547. The Morgan fingerprint density at radius 2 is 2.00 bits per heavy atom. The predicted octanol–water partition coefficient (Wildman–Crippen LogP) is 3.65. The van der Waals surface area contributed by atoms with Gasteiger partial charge in [0.15, 0.2) is 11.9 Å². The molecule has 0 aliphatic carbocycles.